The summed E-state index contributed by atoms with van der Waals surface area (Å²) < 4.78 is 5.10. The van der Waals surface area contributed by atoms with Crippen LogP contribution in [0, 0.1) is 0 Å². The Bertz CT molecular complexity index is 708. The maximum atomic E-state index is 9.36. The first-order valence-electron chi connectivity index (χ1n) is 6.49. The summed E-state index contributed by atoms with van der Waals surface area (Å²) in [7, 11) is 1.99. The Hall–Kier alpha value is -2.33. The summed E-state index contributed by atoms with van der Waals surface area (Å²) in [6, 6.07) is 11.9. The van der Waals surface area contributed by atoms with Crippen molar-refractivity contribution in [3.05, 3.63) is 60.2 Å². The van der Waals surface area contributed by atoms with Crippen molar-refractivity contribution in [2.75, 3.05) is 11.9 Å². The molecule has 2 aromatic heterocycles. The van der Waals surface area contributed by atoms with Crippen LogP contribution in [-0.4, -0.2) is 17.1 Å². The number of anilines is 1. The number of fused-ring (bicyclic) bond motifs is 1. The monoisotopic (exact) mass is 268 g/mol. The van der Waals surface area contributed by atoms with Crippen molar-refractivity contribution in [3.63, 3.8) is 0 Å². The summed E-state index contributed by atoms with van der Waals surface area (Å²) in [4.78, 5) is 6.61. The molecule has 4 nitrogen and oxygen atoms in total. The number of hydrogen-bond acceptors (Lipinski definition) is 4. The lowest BCUT2D eigenvalue weighted by Gasteiger charge is -2.20. The largest absolute Gasteiger partial charge is 0.472 e. The Balaban J connectivity index is 2.04. The molecule has 3 rings (SSSR count). The Morgan fingerprint density at radius 1 is 1.25 bits per heavy atom. The van der Waals surface area contributed by atoms with Crippen LogP contribution < -0.4 is 4.90 Å². The fourth-order valence-electron chi connectivity index (χ4n) is 2.34. The van der Waals surface area contributed by atoms with E-state index in [-0.39, 0.29) is 6.61 Å². The van der Waals surface area contributed by atoms with Gasteiger partial charge < -0.3 is 14.4 Å². The van der Waals surface area contributed by atoms with Gasteiger partial charge in [-0.15, -0.1) is 0 Å². The zero-order valence-corrected chi connectivity index (χ0v) is 11.3. The van der Waals surface area contributed by atoms with Crippen molar-refractivity contribution in [1.29, 1.82) is 0 Å². The van der Waals surface area contributed by atoms with E-state index in [1.807, 2.05) is 43.4 Å². The molecule has 0 aliphatic heterocycles. The van der Waals surface area contributed by atoms with Crippen LogP contribution in [0.2, 0.25) is 0 Å². The predicted molar refractivity (Wildman–Crippen MR) is 78.5 cm³/mol. The van der Waals surface area contributed by atoms with E-state index >= 15 is 0 Å². The molecule has 0 fully saturated rings. The highest BCUT2D eigenvalue weighted by Gasteiger charge is 2.10. The fourth-order valence-corrected chi connectivity index (χ4v) is 2.34. The van der Waals surface area contributed by atoms with Gasteiger partial charge >= 0.3 is 0 Å². The Morgan fingerprint density at radius 3 is 2.85 bits per heavy atom. The molecule has 3 aromatic rings. The first-order chi connectivity index (χ1) is 9.78. The minimum Gasteiger partial charge on any atom is -0.472 e. The number of hydrogen-bond donors (Lipinski definition) is 1. The molecule has 0 aliphatic rings. The normalized spacial score (nSPS) is 10.9. The second kappa shape index (κ2) is 5.35. The molecule has 4 heteroatoms. The molecule has 0 saturated heterocycles. The number of benzene rings is 1. The summed E-state index contributed by atoms with van der Waals surface area (Å²) in [6.07, 6.45) is 3.40. The van der Waals surface area contributed by atoms with E-state index in [4.69, 9.17) is 4.42 Å². The fraction of sp³-hybridized carbons (Fsp3) is 0.188. The van der Waals surface area contributed by atoms with Crippen molar-refractivity contribution >= 4 is 16.6 Å². The first-order valence-corrected chi connectivity index (χ1v) is 6.49. The van der Waals surface area contributed by atoms with Gasteiger partial charge in [-0.05, 0) is 17.5 Å². The quantitative estimate of drug-likeness (QED) is 0.790. The highest BCUT2D eigenvalue weighted by Crippen LogP contribution is 2.26. The van der Waals surface area contributed by atoms with Gasteiger partial charge in [-0.3, -0.25) is 0 Å². The molecule has 0 atom stereocenters. The van der Waals surface area contributed by atoms with Crippen LogP contribution in [0.3, 0.4) is 0 Å². The van der Waals surface area contributed by atoms with Gasteiger partial charge in [0.1, 0.15) is 5.82 Å². The lowest BCUT2D eigenvalue weighted by molar-refractivity contribution is 0.277. The van der Waals surface area contributed by atoms with Gasteiger partial charge in [-0.1, -0.05) is 24.3 Å². The van der Waals surface area contributed by atoms with Crippen LogP contribution in [0.15, 0.2) is 53.3 Å². The van der Waals surface area contributed by atoms with Crippen LogP contribution in [0.5, 0.6) is 0 Å². The van der Waals surface area contributed by atoms with Crippen LogP contribution in [0.1, 0.15) is 11.3 Å². The van der Waals surface area contributed by atoms with Crippen molar-refractivity contribution in [2.24, 2.45) is 0 Å². The Kier molecular flexibility index (Phi) is 3.39. The van der Waals surface area contributed by atoms with Crippen LogP contribution in [-0.2, 0) is 13.2 Å². The zero-order valence-electron chi connectivity index (χ0n) is 11.3. The maximum Gasteiger partial charge on any atom is 0.136 e. The molecule has 1 N–H and O–H groups in total. The summed E-state index contributed by atoms with van der Waals surface area (Å²) in [6.45, 7) is 0.653. The molecule has 0 saturated carbocycles. The molecule has 0 bridgehead atoms. The van der Waals surface area contributed by atoms with E-state index in [0.29, 0.717) is 12.2 Å². The Labute approximate surface area is 117 Å². The van der Waals surface area contributed by atoms with E-state index in [1.165, 1.54) is 0 Å². The number of nitrogens with zero attached hydrogens (tertiary/aromatic N) is 2. The molecule has 20 heavy (non-hydrogen) atoms. The number of aromatic nitrogens is 1. The number of pyridine rings is 1. The molecule has 1 aromatic carbocycles. The SMILES string of the molecule is CN(Cc1ccoc1)c1nc(CO)cc2ccccc12. The highest BCUT2D eigenvalue weighted by atomic mass is 16.3. The van der Waals surface area contributed by atoms with Crippen molar-refractivity contribution in [1.82, 2.24) is 4.98 Å². The lowest BCUT2D eigenvalue weighted by Crippen LogP contribution is -2.18. The number of furan rings is 1. The standard InChI is InChI=1S/C16H16N2O2/c1-18(9-12-6-7-20-11-12)16-15-5-3-2-4-13(15)8-14(10-19)17-16/h2-8,11,19H,9-10H2,1H3. The van der Waals surface area contributed by atoms with E-state index in [9.17, 15) is 5.11 Å². The van der Waals surface area contributed by atoms with Crippen LogP contribution >= 0.6 is 0 Å². The third-order valence-corrected chi connectivity index (χ3v) is 3.30. The smallest absolute Gasteiger partial charge is 0.136 e. The van der Waals surface area contributed by atoms with Crippen molar-refractivity contribution in [2.45, 2.75) is 13.2 Å². The minimum atomic E-state index is -0.0582. The lowest BCUT2D eigenvalue weighted by atomic mass is 10.1. The van der Waals surface area contributed by atoms with E-state index in [2.05, 4.69) is 9.88 Å². The summed E-state index contributed by atoms with van der Waals surface area (Å²) >= 11 is 0. The van der Waals surface area contributed by atoms with Gasteiger partial charge in [-0.2, -0.15) is 0 Å². The highest BCUT2D eigenvalue weighted by molar-refractivity contribution is 5.92. The molecular weight excluding hydrogens is 252 g/mol. The van der Waals surface area contributed by atoms with Crippen molar-refractivity contribution < 1.29 is 9.52 Å². The summed E-state index contributed by atoms with van der Waals surface area (Å²) in [5.41, 5.74) is 1.77. The second-order valence-corrected chi connectivity index (χ2v) is 4.80. The molecule has 0 unspecified atom stereocenters. The van der Waals surface area contributed by atoms with Crippen molar-refractivity contribution in [3.8, 4) is 0 Å². The van der Waals surface area contributed by atoms with Gasteiger partial charge in [-0.25, -0.2) is 4.98 Å². The molecule has 0 spiro atoms. The van der Waals surface area contributed by atoms with Gasteiger partial charge in [0, 0.05) is 24.5 Å². The summed E-state index contributed by atoms with van der Waals surface area (Å²) in [5, 5.41) is 11.5. The molecule has 0 aliphatic carbocycles. The summed E-state index contributed by atoms with van der Waals surface area (Å²) in [5.74, 6) is 0.869. The molecule has 2 heterocycles. The second-order valence-electron chi connectivity index (χ2n) is 4.80. The van der Waals surface area contributed by atoms with E-state index in [0.717, 1.165) is 22.2 Å². The number of rotatable bonds is 4. The predicted octanol–water partition coefficient (Wildman–Crippen LogP) is 2.96. The van der Waals surface area contributed by atoms with E-state index < -0.39 is 0 Å². The van der Waals surface area contributed by atoms with Gasteiger partial charge in [0.2, 0.25) is 0 Å². The zero-order chi connectivity index (χ0) is 13.9. The minimum absolute atomic E-state index is 0.0582. The molecule has 0 amide bonds. The first kappa shape index (κ1) is 12.7. The molecule has 102 valence electrons. The average Bonchev–Trinajstić information content (AvgIpc) is 2.98. The van der Waals surface area contributed by atoms with Gasteiger partial charge in [0.25, 0.3) is 0 Å². The third kappa shape index (κ3) is 2.38. The topological polar surface area (TPSA) is 49.5 Å². The van der Waals surface area contributed by atoms with Crippen LogP contribution in [0.4, 0.5) is 5.82 Å². The molecular formula is C16H16N2O2. The third-order valence-electron chi connectivity index (χ3n) is 3.30. The van der Waals surface area contributed by atoms with Gasteiger partial charge in [0.15, 0.2) is 0 Å². The maximum absolute atomic E-state index is 9.36. The van der Waals surface area contributed by atoms with Gasteiger partial charge in [0.05, 0.1) is 24.8 Å². The number of aliphatic hydroxyl groups excluding tert-OH is 1. The molecule has 0 radical (unpaired) electrons. The van der Waals surface area contributed by atoms with Crippen LogP contribution in [0.25, 0.3) is 10.8 Å². The number of aliphatic hydroxyl groups is 1. The van der Waals surface area contributed by atoms with E-state index in [1.54, 1.807) is 12.5 Å². The Morgan fingerprint density at radius 2 is 2.10 bits per heavy atom. The average molecular weight is 268 g/mol.